The first-order valence-corrected chi connectivity index (χ1v) is 6.20. The SMILES string of the molecule is Cc1cc(N(C)C(C)C(C)(C)C)ccc1CO. The fourth-order valence-corrected chi connectivity index (χ4v) is 1.88. The maximum absolute atomic E-state index is 9.17. The summed E-state index contributed by atoms with van der Waals surface area (Å²) in [6, 6.07) is 6.70. The van der Waals surface area contributed by atoms with E-state index in [1.54, 1.807) is 0 Å². The van der Waals surface area contributed by atoms with Crippen molar-refractivity contribution in [1.29, 1.82) is 0 Å². The summed E-state index contributed by atoms with van der Waals surface area (Å²) in [5.74, 6) is 0. The molecular formula is C15H25NO. The molecular weight excluding hydrogens is 210 g/mol. The lowest BCUT2D eigenvalue weighted by molar-refractivity contribution is 0.281. The lowest BCUT2D eigenvalue weighted by Gasteiger charge is -2.37. The van der Waals surface area contributed by atoms with Crippen molar-refractivity contribution >= 4 is 5.69 Å². The molecule has 1 aromatic rings. The van der Waals surface area contributed by atoms with Crippen molar-refractivity contribution in [2.24, 2.45) is 5.41 Å². The zero-order valence-electron chi connectivity index (χ0n) is 11.9. The van der Waals surface area contributed by atoms with Crippen molar-refractivity contribution in [3.63, 3.8) is 0 Å². The molecule has 1 N–H and O–H groups in total. The van der Waals surface area contributed by atoms with Crippen LogP contribution >= 0.6 is 0 Å². The number of aliphatic hydroxyl groups is 1. The second kappa shape index (κ2) is 5.09. The molecule has 0 spiro atoms. The van der Waals surface area contributed by atoms with E-state index in [-0.39, 0.29) is 12.0 Å². The molecule has 2 heteroatoms. The minimum Gasteiger partial charge on any atom is -0.392 e. The average Bonchev–Trinajstić information content (AvgIpc) is 2.25. The molecule has 2 nitrogen and oxygen atoms in total. The summed E-state index contributed by atoms with van der Waals surface area (Å²) in [5, 5.41) is 9.17. The third-order valence-corrected chi connectivity index (χ3v) is 3.74. The third-order valence-electron chi connectivity index (χ3n) is 3.74. The molecule has 0 fully saturated rings. The number of rotatable bonds is 3. The molecule has 0 heterocycles. The van der Waals surface area contributed by atoms with E-state index >= 15 is 0 Å². The molecule has 0 radical (unpaired) electrons. The van der Waals surface area contributed by atoms with Crippen LogP contribution in [0, 0.1) is 12.3 Å². The minimum atomic E-state index is 0.116. The highest BCUT2D eigenvalue weighted by Gasteiger charge is 2.24. The van der Waals surface area contributed by atoms with E-state index in [2.05, 4.69) is 51.8 Å². The van der Waals surface area contributed by atoms with Gasteiger partial charge in [-0.3, -0.25) is 0 Å². The van der Waals surface area contributed by atoms with Crippen molar-refractivity contribution in [1.82, 2.24) is 0 Å². The van der Waals surface area contributed by atoms with Crippen molar-refractivity contribution in [2.75, 3.05) is 11.9 Å². The van der Waals surface area contributed by atoms with Gasteiger partial charge in [-0.2, -0.15) is 0 Å². The molecule has 96 valence electrons. The predicted molar refractivity (Wildman–Crippen MR) is 74.4 cm³/mol. The van der Waals surface area contributed by atoms with Gasteiger partial charge in [-0.25, -0.2) is 0 Å². The van der Waals surface area contributed by atoms with Crippen molar-refractivity contribution in [2.45, 2.75) is 47.3 Å². The Bertz CT molecular complexity index is 379. The maximum Gasteiger partial charge on any atom is 0.0684 e. The monoisotopic (exact) mass is 235 g/mol. The number of benzene rings is 1. The predicted octanol–water partition coefficient (Wildman–Crippen LogP) is 3.36. The molecule has 0 amide bonds. The molecule has 1 unspecified atom stereocenters. The van der Waals surface area contributed by atoms with Crippen LogP contribution in [0.2, 0.25) is 0 Å². The average molecular weight is 235 g/mol. The Kier molecular flexibility index (Phi) is 4.21. The van der Waals surface area contributed by atoms with Gasteiger partial charge in [0.25, 0.3) is 0 Å². The van der Waals surface area contributed by atoms with Crippen molar-refractivity contribution in [3.8, 4) is 0 Å². The van der Waals surface area contributed by atoms with Gasteiger partial charge < -0.3 is 10.0 Å². The molecule has 0 aliphatic carbocycles. The van der Waals surface area contributed by atoms with Crippen LogP contribution in [0.5, 0.6) is 0 Å². The molecule has 1 aromatic carbocycles. The maximum atomic E-state index is 9.17. The number of aryl methyl sites for hydroxylation is 1. The van der Waals surface area contributed by atoms with Crippen LogP contribution < -0.4 is 4.90 Å². The van der Waals surface area contributed by atoms with E-state index in [0.29, 0.717) is 6.04 Å². The second-order valence-corrected chi connectivity index (χ2v) is 5.92. The van der Waals surface area contributed by atoms with Gasteiger partial charge in [0.05, 0.1) is 6.61 Å². The second-order valence-electron chi connectivity index (χ2n) is 5.92. The third kappa shape index (κ3) is 3.22. The van der Waals surface area contributed by atoms with Crippen LogP contribution in [0.15, 0.2) is 18.2 Å². The number of nitrogens with zero attached hydrogens (tertiary/aromatic N) is 1. The minimum absolute atomic E-state index is 0.116. The Hall–Kier alpha value is -1.02. The summed E-state index contributed by atoms with van der Waals surface area (Å²) in [6.07, 6.45) is 0. The summed E-state index contributed by atoms with van der Waals surface area (Å²) in [7, 11) is 2.13. The van der Waals surface area contributed by atoms with Gasteiger partial charge in [0, 0.05) is 18.8 Å². The van der Waals surface area contributed by atoms with Gasteiger partial charge in [0.1, 0.15) is 0 Å². The molecule has 0 bridgehead atoms. The van der Waals surface area contributed by atoms with E-state index in [4.69, 9.17) is 0 Å². The molecule has 0 aromatic heterocycles. The van der Waals surface area contributed by atoms with Crippen molar-refractivity contribution in [3.05, 3.63) is 29.3 Å². The molecule has 0 saturated carbocycles. The standard InChI is InChI=1S/C15H25NO/c1-11-9-14(8-7-13(11)10-17)16(6)12(2)15(3,4)5/h7-9,12,17H,10H2,1-6H3. The fraction of sp³-hybridized carbons (Fsp3) is 0.600. The Morgan fingerprint density at radius 3 is 2.29 bits per heavy atom. The topological polar surface area (TPSA) is 23.5 Å². The van der Waals surface area contributed by atoms with Gasteiger partial charge >= 0.3 is 0 Å². The molecule has 1 rings (SSSR count). The molecule has 1 atom stereocenters. The van der Waals surface area contributed by atoms with E-state index in [9.17, 15) is 5.11 Å². The Morgan fingerprint density at radius 1 is 1.29 bits per heavy atom. The van der Waals surface area contributed by atoms with Crippen LogP contribution in [-0.4, -0.2) is 18.2 Å². The molecule has 0 saturated heterocycles. The molecule has 17 heavy (non-hydrogen) atoms. The van der Waals surface area contributed by atoms with Gasteiger partial charge in [-0.15, -0.1) is 0 Å². The normalized spacial score (nSPS) is 13.6. The Balaban J connectivity index is 2.97. The highest BCUT2D eigenvalue weighted by atomic mass is 16.3. The van der Waals surface area contributed by atoms with Crippen LogP contribution in [-0.2, 0) is 6.61 Å². The molecule has 0 aliphatic rings. The van der Waals surface area contributed by atoms with Crippen LogP contribution in [0.4, 0.5) is 5.69 Å². The summed E-state index contributed by atoms with van der Waals surface area (Å²) >= 11 is 0. The van der Waals surface area contributed by atoms with Gasteiger partial charge in [0.15, 0.2) is 0 Å². The summed E-state index contributed by atoms with van der Waals surface area (Å²) in [5.41, 5.74) is 3.61. The van der Waals surface area contributed by atoms with Crippen LogP contribution in [0.1, 0.15) is 38.8 Å². The van der Waals surface area contributed by atoms with E-state index < -0.39 is 0 Å². The van der Waals surface area contributed by atoms with E-state index in [1.165, 1.54) is 5.69 Å². The lowest BCUT2D eigenvalue weighted by Crippen LogP contribution is -2.39. The van der Waals surface area contributed by atoms with Gasteiger partial charge in [0.2, 0.25) is 0 Å². The Morgan fingerprint density at radius 2 is 1.88 bits per heavy atom. The van der Waals surface area contributed by atoms with Gasteiger partial charge in [-0.05, 0) is 42.5 Å². The number of anilines is 1. The fourth-order valence-electron chi connectivity index (χ4n) is 1.88. The first kappa shape index (κ1) is 14.0. The highest BCUT2D eigenvalue weighted by Crippen LogP contribution is 2.28. The van der Waals surface area contributed by atoms with E-state index in [0.717, 1.165) is 11.1 Å². The van der Waals surface area contributed by atoms with Crippen molar-refractivity contribution < 1.29 is 5.11 Å². The van der Waals surface area contributed by atoms with Crippen LogP contribution in [0.3, 0.4) is 0 Å². The summed E-state index contributed by atoms with van der Waals surface area (Å²) in [6.45, 7) is 11.2. The number of hydrogen-bond acceptors (Lipinski definition) is 2. The highest BCUT2D eigenvalue weighted by molar-refractivity contribution is 5.51. The zero-order valence-corrected chi connectivity index (χ0v) is 11.9. The van der Waals surface area contributed by atoms with E-state index in [1.807, 2.05) is 13.0 Å². The first-order chi connectivity index (χ1) is 7.77. The van der Waals surface area contributed by atoms with Crippen LogP contribution in [0.25, 0.3) is 0 Å². The summed E-state index contributed by atoms with van der Waals surface area (Å²) < 4.78 is 0. The number of aliphatic hydroxyl groups excluding tert-OH is 1. The first-order valence-electron chi connectivity index (χ1n) is 6.20. The summed E-state index contributed by atoms with van der Waals surface area (Å²) in [4.78, 5) is 2.30. The lowest BCUT2D eigenvalue weighted by atomic mass is 9.87. The largest absolute Gasteiger partial charge is 0.392 e. The zero-order chi connectivity index (χ0) is 13.2. The van der Waals surface area contributed by atoms with Gasteiger partial charge in [-0.1, -0.05) is 26.8 Å². The Labute approximate surface area is 105 Å². The quantitative estimate of drug-likeness (QED) is 0.868. The smallest absolute Gasteiger partial charge is 0.0684 e. The molecule has 0 aliphatic heterocycles. The number of hydrogen-bond donors (Lipinski definition) is 1.